The van der Waals surface area contributed by atoms with Gasteiger partial charge in [-0.15, -0.1) is 0 Å². The summed E-state index contributed by atoms with van der Waals surface area (Å²) in [7, 11) is 0. The molecular formula is C17H36O7. The predicted molar refractivity (Wildman–Crippen MR) is 91.0 cm³/mol. The van der Waals surface area contributed by atoms with Gasteiger partial charge in [0.15, 0.2) is 0 Å². The van der Waals surface area contributed by atoms with E-state index in [4.69, 9.17) is 29.5 Å². The standard InChI is InChI=1S/C6H14O3.3C3H6O.C2H4O/c1-2-6(3-7,4-8)5-9;3*1-3-2-4-3;1-2-3-1/h7-9H,2-5H2,1H3;3*3H,2H2,1H3;1-2H2. The number of rotatable bonds is 4. The molecule has 0 aromatic heterocycles. The first-order chi connectivity index (χ1) is 11.4. The van der Waals surface area contributed by atoms with Crippen LogP contribution in [0.1, 0.15) is 34.1 Å². The highest BCUT2D eigenvalue weighted by atomic mass is 16.6. The summed E-state index contributed by atoms with van der Waals surface area (Å²) in [5, 5.41) is 26.0. The molecule has 3 unspecified atom stereocenters. The van der Waals surface area contributed by atoms with Crippen LogP contribution in [0.2, 0.25) is 0 Å². The lowest BCUT2D eigenvalue weighted by molar-refractivity contribution is 0.00304. The summed E-state index contributed by atoms with van der Waals surface area (Å²) in [6.07, 6.45) is 2.34. The van der Waals surface area contributed by atoms with Gasteiger partial charge in [-0.25, -0.2) is 0 Å². The van der Waals surface area contributed by atoms with Gasteiger partial charge in [0.1, 0.15) is 0 Å². The van der Waals surface area contributed by atoms with Crippen molar-refractivity contribution in [3.05, 3.63) is 0 Å². The zero-order valence-corrected chi connectivity index (χ0v) is 15.6. The number of aliphatic hydroxyl groups excluding tert-OH is 3. The smallest absolute Gasteiger partial charge is 0.0781 e. The number of aliphatic hydroxyl groups is 3. The second-order valence-corrected chi connectivity index (χ2v) is 6.37. The fourth-order valence-corrected chi connectivity index (χ4v) is 0.774. The zero-order chi connectivity index (χ0) is 18.4. The molecule has 0 radical (unpaired) electrons. The van der Waals surface area contributed by atoms with Gasteiger partial charge in [-0.05, 0) is 27.2 Å². The quantitative estimate of drug-likeness (QED) is 0.635. The summed E-state index contributed by atoms with van der Waals surface area (Å²) in [6.45, 7) is 12.5. The minimum absolute atomic E-state index is 0.156. The highest BCUT2D eigenvalue weighted by Gasteiger charge is 2.24. The zero-order valence-electron chi connectivity index (χ0n) is 15.6. The fourth-order valence-electron chi connectivity index (χ4n) is 0.774. The van der Waals surface area contributed by atoms with E-state index >= 15 is 0 Å². The SMILES string of the molecule is C1CO1.CC1CO1.CC1CO1.CC1CO1.CCC(CO)(CO)CO. The van der Waals surface area contributed by atoms with Crippen molar-refractivity contribution < 1.29 is 34.3 Å². The van der Waals surface area contributed by atoms with Crippen LogP contribution < -0.4 is 0 Å². The average Bonchev–Trinajstić information content (AvgIpc) is 3.42. The molecule has 4 heterocycles. The van der Waals surface area contributed by atoms with Crippen molar-refractivity contribution in [2.45, 2.75) is 52.4 Å². The van der Waals surface area contributed by atoms with Gasteiger partial charge in [-0.2, -0.15) is 0 Å². The molecule has 0 amide bonds. The number of hydrogen-bond donors (Lipinski definition) is 3. The van der Waals surface area contributed by atoms with Crippen LogP contribution in [0, 0.1) is 5.41 Å². The van der Waals surface area contributed by atoms with E-state index in [9.17, 15) is 0 Å². The van der Waals surface area contributed by atoms with E-state index in [-0.39, 0.29) is 19.8 Å². The molecule has 4 aliphatic heterocycles. The van der Waals surface area contributed by atoms with E-state index in [0.29, 0.717) is 24.7 Å². The monoisotopic (exact) mass is 352 g/mol. The van der Waals surface area contributed by atoms with E-state index in [2.05, 4.69) is 25.5 Å². The minimum Gasteiger partial charge on any atom is -0.396 e. The molecule has 0 aliphatic carbocycles. The molecule has 146 valence electrons. The van der Waals surface area contributed by atoms with Crippen LogP contribution in [0.5, 0.6) is 0 Å². The molecule has 4 rings (SSSR count). The second kappa shape index (κ2) is 13.9. The third kappa shape index (κ3) is 19.8. The molecule has 3 atom stereocenters. The summed E-state index contributed by atoms with van der Waals surface area (Å²) >= 11 is 0. The van der Waals surface area contributed by atoms with Gasteiger partial charge in [-0.3, -0.25) is 0 Å². The largest absolute Gasteiger partial charge is 0.396 e. The number of epoxide rings is 4. The van der Waals surface area contributed by atoms with Gasteiger partial charge in [0, 0.05) is 5.41 Å². The molecule has 4 fully saturated rings. The normalized spacial score (nSPS) is 27.4. The molecule has 0 aromatic carbocycles. The Hall–Kier alpha value is -0.280. The molecule has 4 saturated heterocycles. The van der Waals surface area contributed by atoms with Gasteiger partial charge in [0.05, 0.1) is 71.2 Å². The van der Waals surface area contributed by atoms with Crippen molar-refractivity contribution in [3.8, 4) is 0 Å². The summed E-state index contributed by atoms with van der Waals surface area (Å²) in [6, 6.07) is 0. The maximum atomic E-state index is 8.66. The lowest BCUT2D eigenvalue weighted by atomic mass is 9.88. The Bertz CT molecular complexity index is 226. The Labute approximate surface area is 145 Å². The van der Waals surface area contributed by atoms with Crippen molar-refractivity contribution in [2.24, 2.45) is 5.41 Å². The lowest BCUT2D eigenvalue weighted by Gasteiger charge is -2.24. The van der Waals surface area contributed by atoms with Crippen LogP contribution in [-0.4, -0.2) is 86.5 Å². The van der Waals surface area contributed by atoms with Crippen LogP contribution >= 0.6 is 0 Å². The highest BCUT2D eigenvalue weighted by Crippen LogP contribution is 2.18. The Morgan fingerprint density at radius 1 is 0.750 bits per heavy atom. The van der Waals surface area contributed by atoms with Crippen LogP contribution in [0.15, 0.2) is 0 Å². The first kappa shape index (κ1) is 23.7. The second-order valence-electron chi connectivity index (χ2n) is 6.37. The van der Waals surface area contributed by atoms with Crippen molar-refractivity contribution in [2.75, 3.05) is 52.9 Å². The third-order valence-corrected chi connectivity index (χ3v) is 3.46. The van der Waals surface area contributed by atoms with Gasteiger partial charge in [-0.1, -0.05) is 6.92 Å². The molecule has 3 N–H and O–H groups in total. The van der Waals surface area contributed by atoms with E-state index in [1.165, 1.54) is 0 Å². The van der Waals surface area contributed by atoms with E-state index in [0.717, 1.165) is 33.0 Å². The number of ether oxygens (including phenoxy) is 4. The predicted octanol–water partition coefficient (Wildman–Crippen LogP) is 0.592. The minimum atomic E-state index is -0.667. The first-order valence-electron chi connectivity index (χ1n) is 8.68. The van der Waals surface area contributed by atoms with Crippen LogP contribution in [0.25, 0.3) is 0 Å². The molecule has 4 aliphatic rings. The first-order valence-corrected chi connectivity index (χ1v) is 8.68. The molecule has 24 heavy (non-hydrogen) atoms. The summed E-state index contributed by atoms with van der Waals surface area (Å²) in [5.41, 5.74) is -0.667. The van der Waals surface area contributed by atoms with Crippen molar-refractivity contribution in [1.29, 1.82) is 0 Å². The fraction of sp³-hybridized carbons (Fsp3) is 1.00. The summed E-state index contributed by atoms with van der Waals surface area (Å²) in [5.74, 6) is 0. The average molecular weight is 352 g/mol. The lowest BCUT2D eigenvalue weighted by Crippen LogP contribution is -2.32. The van der Waals surface area contributed by atoms with E-state index in [1.807, 2.05) is 6.92 Å². The molecular weight excluding hydrogens is 316 g/mol. The number of hydrogen-bond acceptors (Lipinski definition) is 7. The van der Waals surface area contributed by atoms with Gasteiger partial charge < -0.3 is 34.3 Å². The Morgan fingerprint density at radius 2 is 0.958 bits per heavy atom. The molecule has 7 nitrogen and oxygen atoms in total. The maximum absolute atomic E-state index is 8.66. The third-order valence-electron chi connectivity index (χ3n) is 3.46. The van der Waals surface area contributed by atoms with Crippen molar-refractivity contribution in [3.63, 3.8) is 0 Å². The van der Waals surface area contributed by atoms with Crippen LogP contribution in [0.3, 0.4) is 0 Å². The topological polar surface area (TPSA) is 111 Å². The molecule has 7 heteroatoms. The molecule has 0 saturated carbocycles. The Morgan fingerprint density at radius 3 is 0.958 bits per heavy atom. The van der Waals surface area contributed by atoms with E-state index < -0.39 is 5.41 Å². The molecule has 0 bridgehead atoms. The summed E-state index contributed by atoms with van der Waals surface area (Å²) in [4.78, 5) is 0. The highest BCUT2D eigenvalue weighted by molar-refractivity contribution is 4.74. The maximum Gasteiger partial charge on any atom is 0.0781 e. The summed E-state index contributed by atoms with van der Waals surface area (Å²) < 4.78 is 18.6. The molecule has 0 aromatic rings. The van der Waals surface area contributed by atoms with Crippen LogP contribution in [-0.2, 0) is 18.9 Å². The van der Waals surface area contributed by atoms with E-state index in [1.54, 1.807) is 0 Å². The van der Waals surface area contributed by atoms with Gasteiger partial charge >= 0.3 is 0 Å². The molecule has 0 spiro atoms. The van der Waals surface area contributed by atoms with Crippen LogP contribution in [0.4, 0.5) is 0 Å². The van der Waals surface area contributed by atoms with Crippen molar-refractivity contribution in [1.82, 2.24) is 0 Å². The Balaban J connectivity index is 0.000000294. The van der Waals surface area contributed by atoms with Gasteiger partial charge in [0.2, 0.25) is 0 Å². The van der Waals surface area contributed by atoms with Gasteiger partial charge in [0.25, 0.3) is 0 Å². The van der Waals surface area contributed by atoms with Crippen molar-refractivity contribution >= 4 is 0 Å². The Kier molecular flexibility index (Phi) is 13.8.